The van der Waals surface area contributed by atoms with Crippen molar-refractivity contribution in [1.82, 2.24) is 29.9 Å². The topological polar surface area (TPSA) is 77.3 Å². The van der Waals surface area contributed by atoms with Crippen LogP contribution in [0.1, 0.15) is 18.1 Å². The summed E-state index contributed by atoms with van der Waals surface area (Å²) in [6, 6.07) is 90.5. The standard InChI is InChI=1S/C81H54N6/c1-51-29-30-63-47-65(55-33-39-60(40-34-55)73-75(59-23-12-5-13-24-59)79-71(67-28-16-44-83-77(67)73)50-85-81(87-79)64-26-14-25-62(46-64)52-17-6-2-7-18-52)48-69(68(63)45-51)56-37-31-53(32-38-56)54-35-41-61(42-36-54)80-84-49-70-66-27-15-43-82-76(66)72(57-19-8-3-9-20-57)74(78(70)86-80)58-21-10-4-11-22-58/h2-44,46-51H,45H2,1H3. The van der Waals surface area contributed by atoms with Crippen LogP contribution in [0.25, 0.3) is 161 Å². The van der Waals surface area contributed by atoms with Gasteiger partial charge in [-0.2, -0.15) is 0 Å². The first kappa shape index (κ1) is 51.3. The molecule has 0 fully saturated rings. The molecule has 0 bridgehead atoms. The lowest BCUT2D eigenvalue weighted by Gasteiger charge is -2.22. The number of rotatable bonds is 10. The SMILES string of the molecule is CC1C=Cc2cc(-c3ccc(-c4c(-c5ccccc5)c5nc(-c6cccc(-c7ccccc7)c6)ncc5c5cccnc45)cc3)cc(-c3ccc(-c4ccc(-c5ncc6c(n5)c(-c5ccccc5)c(-c5ccccc5)c5ncccc56)cc4)cc3)c2C1. The first-order valence-corrected chi connectivity index (χ1v) is 29.7. The highest BCUT2D eigenvalue weighted by Crippen LogP contribution is 2.47. The van der Waals surface area contributed by atoms with Gasteiger partial charge in [-0.15, -0.1) is 0 Å². The minimum Gasteiger partial charge on any atom is -0.256 e. The highest BCUT2D eigenvalue weighted by atomic mass is 14.9. The Morgan fingerprint density at radius 2 is 0.701 bits per heavy atom. The normalized spacial score (nSPS) is 12.9. The van der Waals surface area contributed by atoms with Crippen molar-refractivity contribution in [2.75, 3.05) is 0 Å². The largest absolute Gasteiger partial charge is 0.256 e. The van der Waals surface area contributed by atoms with Gasteiger partial charge < -0.3 is 0 Å². The number of aromatic nitrogens is 6. The predicted molar refractivity (Wildman–Crippen MR) is 359 cm³/mol. The third kappa shape index (κ3) is 9.32. The second kappa shape index (κ2) is 21.7. The molecule has 1 aliphatic rings. The van der Waals surface area contributed by atoms with E-state index in [0.29, 0.717) is 17.6 Å². The molecule has 0 saturated heterocycles. The molecule has 6 nitrogen and oxygen atoms in total. The van der Waals surface area contributed by atoms with Gasteiger partial charge in [0.15, 0.2) is 11.6 Å². The Bertz CT molecular complexity index is 5150. The van der Waals surface area contributed by atoms with Gasteiger partial charge in [0.05, 0.1) is 22.1 Å². The van der Waals surface area contributed by atoms with Crippen LogP contribution in [0, 0.1) is 5.92 Å². The maximum absolute atomic E-state index is 5.46. The molecule has 1 atom stereocenters. The van der Waals surface area contributed by atoms with Crippen LogP contribution in [0.2, 0.25) is 0 Å². The molecule has 16 rings (SSSR count). The van der Waals surface area contributed by atoms with E-state index in [2.05, 4.69) is 256 Å². The molecule has 1 aliphatic carbocycles. The van der Waals surface area contributed by atoms with Crippen LogP contribution >= 0.6 is 0 Å². The van der Waals surface area contributed by atoms with Gasteiger partial charge in [0.25, 0.3) is 0 Å². The summed E-state index contributed by atoms with van der Waals surface area (Å²) in [7, 11) is 0. The van der Waals surface area contributed by atoms with Gasteiger partial charge in [0.1, 0.15) is 0 Å². The summed E-state index contributed by atoms with van der Waals surface area (Å²) in [6.45, 7) is 2.31. The molecule has 0 saturated carbocycles. The van der Waals surface area contributed by atoms with Crippen molar-refractivity contribution in [3.8, 4) is 112 Å². The summed E-state index contributed by atoms with van der Waals surface area (Å²) in [5.41, 5.74) is 26.0. The van der Waals surface area contributed by atoms with Crippen LogP contribution in [0.4, 0.5) is 0 Å². The average molecular weight is 1110 g/mol. The van der Waals surface area contributed by atoms with Gasteiger partial charge in [-0.3, -0.25) is 9.97 Å². The van der Waals surface area contributed by atoms with Crippen molar-refractivity contribution in [2.45, 2.75) is 13.3 Å². The second-order valence-electron chi connectivity index (χ2n) is 22.6. The molecule has 408 valence electrons. The minimum absolute atomic E-state index is 0.433. The number of nitrogens with zero attached hydrogens (tertiary/aromatic N) is 6. The van der Waals surface area contributed by atoms with Gasteiger partial charge in [-0.1, -0.05) is 244 Å². The highest BCUT2D eigenvalue weighted by molar-refractivity contribution is 6.20. The van der Waals surface area contributed by atoms with Gasteiger partial charge in [-0.25, -0.2) is 19.9 Å². The fourth-order valence-corrected chi connectivity index (χ4v) is 13.0. The summed E-state index contributed by atoms with van der Waals surface area (Å²) >= 11 is 0. The van der Waals surface area contributed by atoms with E-state index in [9.17, 15) is 0 Å². The van der Waals surface area contributed by atoms with Crippen molar-refractivity contribution in [3.63, 3.8) is 0 Å². The molecule has 11 aromatic carbocycles. The number of fused-ring (bicyclic) bond motifs is 7. The van der Waals surface area contributed by atoms with Gasteiger partial charge in [0, 0.05) is 79.7 Å². The Balaban J connectivity index is 0.742. The molecule has 6 heteroatoms. The Morgan fingerprint density at radius 3 is 1.23 bits per heavy atom. The fourth-order valence-electron chi connectivity index (χ4n) is 13.0. The quantitative estimate of drug-likeness (QED) is 0.127. The molecule has 0 radical (unpaired) electrons. The van der Waals surface area contributed by atoms with E-state index in [1.165, 1.54) is 27.8 Å². The minimum atomic E-state index is 0.433. The summed E-state index contributed by atoms with van der Waals surface area (Å²) < 4.78 is 0. The zero-order chi connectivity index (χ0) is 57.8. The maximum Gasteiger partial charge on any atom is 0.159 e. The number of hydrogen-bond donors (Lipinski definition) is 0. The molecule has 0 aliphatic heterocycles. The van der Waals surface area contributed by atoms with Crippen LogP contribution in [0.5, 0.6) is 0 Å². The van der Waals surface area contributed by atoms with Crippen LogP contribution in [0.3, 0.4) is 0 Å². The monoisotopic (exact) mass is 1110 g/mol. The summed E-state index contributed by atoms with van der Waals surface area (Å²) in [4.78, 5) is 31.0. The van der Waals surface area contributed by atoms with Gasteiger partial charge >= 0.3 is 0 Å². The molecule has 4 aromatic heterocycles. The maximum atomic E-state index is 5.46. The molecule has 15 aromatic rings. The Labute approximate surface area is 504 Å². The van der Waals surface area contributed by atoms with Crippen LogP contribution in [0.15, 0.2) is 286 Å². The molecule has 1 unspecified atom stereocenters. The number of allylic oxidation sites excluding steroid dienone is 1. The fraction of sp³-hybridized carbons (Fsp3) is 0.0370. The molecule has 0 N–H and O–H groups in total. The highest BCUT2D eigenvalue weighted by Gasteiger charge is 2.24. The molecule has 87 heavy (non-hydrogen) atoms. The predicted octanol–water partition coefficient (Wildman–Crippen LogP) is 20.5. The van der Waals surface area contributed by atoms with Crippen LogP contribution < -0.4 is 0 Å². The molecule has 4 heterocycles. The smallest absolute Gasteiger partial charge is 0.159 e. The van der Waals surface area contributed by atoms with Crippen molar-refractivity contribution in [2.24, 2.45) is 5.92 Å². The first-order chi connectivity index (χ1) is 43.0. The van der Waals surface area contributed by atoms with E-state index in [1.54, 1.807) is 0 Å². The van der Waals surface area contributed by atoms with Gasteiger partial charge in [-0.05, 0) is 121 Å². The third-order valence-corrected chi connectivity index (χ3v) is 17.2. The van der Waals surface area contributed by atoms with E-state index in [1.807, 2.05) is 43.0 Å². The Morgan fingerprint density at radius 1 is 0.299 bits per heavy atom. The Kier molecular flexibility index (Phi) is 12.8. The lowest BCUT2D eigenvalue weighted by atomic mass is 9.82. The zero-order valence-electron chi connectivity index (χ0n) is 47.7. The van der Waals surface area contributed by atoms with E-state index in [4.69, 9.17) is 29.9 Å². The van der Waals surface area contributed by atoms with E-state index in [-0.39, 0.29) is 0 Å². The van der Waals surface area contributed by atoms with E-state index in [0.717, 1.165) is 133 Å². The van der Waals surface area contributed by atoms with Crippen molar-refractivity contribution < 1.29 is 0 Å². The first-order valence-electron chi connectivity index (χ1n) is 29.7. The summed E-state index contributed by atoms with van der Waals surface area (Å²) in [5, 5.41) is 3.98. The van der Waals surface area contributed by atoms with E-state index >= 15 is 0 Å². The van der Waals surface area contributed by atoms with Crippen LogP contribution in [-0.4, -0.2) is 29.9 Å². The van der Waals surface area contributed by atoms with E-state index < -0.39 is 0 Å². The number of benzene rings is 11. The zero-order valence-corrected chi connectivity index (χ0v) is 47.7. The summed E-state index contributed by atoms with van der Waals surface area (Å²) in [5.74, 6) is 1.78. The molecule has 0 amide bonds. The average Bonchev–Trinajstić information content (AvgIpc) is 1.90. The van der Waals surface area contributed by atoms with Crippen molar-refractivity contribution in [3.05, 3.63) is 297 Å². The second-order valence-corrected chi connectivity index (χ2v) is 22.6. The lowest BCUT2D eigenvalue weighted by molar-refractivity contribution is 0.718. The third-order valence-electron chi connectivity index (χ3n) is 17.2. The van der Waals surface area contributed by atoms with Gasteiger partial charge in [0.2, 0.25) is 0 Å². The molecular formula is C81H54N6. The Hall–Kier alpha value is -11.3. The lowest BCUT2D eigenvalue weighted by Crippen LogP contribution is -2.06. The molecular weight excluding hydrogens is 1060 g/mol. The number of hydrogen-bond acceptors (Lipinski definition) is 6. The number of pyridine rings is 2. The van der Waals surface area contributed by atoms with Crippen molar-refractivity contribution in [1.29, 1.82) is 0 Å². The van der Waals surface area contributed by atoms with Crippen LogP contribution in [-0.2, 0) is 6.42 Å². The molecule has 0 spiro atoms. The summed E-state index contributed by atoms with van der Waals surface area (Å²) in [6.07, 6.45) is 13.3. The van der Waals surface area contributed by atoms with Crippen molar-refractivity contribution >= 4 is 49.7 Å².